The molecule has 13 rings (SSSR count). The number of imide groups is 2. The highest BCUT2D eigenvalue weighted by Crippen LogP contribution is 2.45. The van der Waals surface area contributed by atoms with Crippen LogP contribution >= 0.6 is 0 Å². The van der Waals surface area contributed by atoms with Gasteiger partial charge in [0.2, 0.25) is 0 Å². The van der Waals surface area contributed by atoms with Crippen LogP contribution in [-0.2, 0) is 13.2 Å². The van der Waals surface area contributed by atoms with Crippen molar-refractivity contribution < 1.29 is 38.1 Å². The molecular formula is C78H56N2O8. The molecule has 0 saturated heterocycles. The van der Waals surface area contributed by atoms with Gasteiger partial charge in [-0.15, -0.1) is 0 Å². The zero-order chi connectivity index (χ0) is 60.4. The first-order chi connectivity index (χ1) is 43.0. The molecule has 2 aliphatic carbocycles. The monoisotopic (exact) mass is 1150 g/mol. The fourth-order valence-corrected chi connectivity index (χ4v) is 11.6. The maximum Gasteiger partial charge on any atom is 0.269 e. The van der Waals surface area contributed by atoms with E-state index in [2.05, 4.69) is 29.8 Å². The van der Waals surface area contributed by atoms with Crippen LogP contribution in [0.1, 0.15) is 121 Å². The van der Waals surface area contributed by atoms with Gasteiger partial charge in [0.15, 0.2) is 0 Å². The van der Waals surface area contributed by atoms with Crippen LogP contribution in [-0.4, -0.2) is 23.6 Å². The van der Waals surface area contributed by atoms with Crippen molar-refractivity contribution in [3.8, 4) is 58.2 Å². The summed E-state index contributed by atoms with van der Waals surface area (Å²) in [6, 6.07) is 55.8. The number of hydrogen-bond acceptors (Lipinski definition) is 8. The third-order valence-electron chi connectivity index (χ3n) is 16.3. The lowest BCUT2D eigenvalue weighted by atomic mass is 9.89. The van der Waals surface area contributed by atoms with Gasteiger partial charge in [-0.05, 0) is 164 Å². The quantitative estimate of drug-likeness (QED) is 0.0782. The largest absolute Gasteiger partial charge is 0.487 e. The smallest absolute Gasteiger partial charge is 0.269 e. The zero-order valence-corrected chi connectivity index (χ0v) is 48.7. The van der Waals surface area contributed by atoms with Crippen LogP contribution in [0.25, 0.3) is 5.57 Å². The van der Waals surface area contributed by atoms with Crippen LogP contribution in [0.3, 0.4) is 0 Å². The van der Waals surface area contributed by atoms with Crippen molar-refractivity contribution >= 4 is 40.6 Å². The third-order valence-corrected chi connectivity index (χ3v) is 16.3. The molecular weight excluding hydrogens is 1090 g/mol. The van der Waals surface area contributed by atoms with E-state index in [9.17, 15) is 9.59 Å². The molecule has 0 radical (unpaired) electrons. The number of para-hydroxylation sites is 2. The molecule has 0 atom stereocenters. The van der Waals surface area contributed by atoms with Crippen molar-refractivity contribution in [3.63, 3.8) is 0 Å². The Morgan fingerprint density at radius 2 is 0.886 bits per heavy atom. The van der Waals surface area contributed by atoms with Crippen molar-refractivity contribution in [2.24, 2.45) is 0 Å². The standard InChI is InChI=1S/C78H56N2O8/c1-49-50(2)64(40-34-58-36-42-66-72(74(58)86-48-54-23-11-6-12-24-54)78(84)80(76(66)82)70-44-38-62(88-60-31-15-8-16-32-60)46-68(70)56-27-19-20-28-56)52(4)51(3)63(49)39-33-57-35-41-65-71(73(57)85-47-53-21-9-5-10-22-53)77(83)79(75(65)81)69-43-37-61(87-59-29-13-7-14-30-59)45-67(69)55-25-17-18-26-55/h5-19,21-32,35-38,41-46,55H,20,47-48H2,1-4H3. The Kier molecular flexibility index (Phi) is 15.1. The Balaban J connectivity index is 0.847. The van der Waals surface area contributed by atoms with Crippen LogP contribution in [0.2, 0.25) is 0 Å². The first-order valence-electron chi connectivity index (χ1n) is 29.0. The molecule has 2 heterocycles. The maximum atomic E-state index is 15.1. The summed E-state index contributed by atoms with van der Waals surface area (Å²) in [4.78, 5) is 61.9. The molecule has 10 nitrogen and oxygen atoms in total. The van der Waals surface area contributed by atoms with Gasteiger partial charge < -0.3 is 18.9 Å². The molecule has 0 aromatic heterocycles. The number of carbonyl (C=O) groups excluding carboxylic acids is 4. The van der Waals surface area contributed by atoms with Gasteiger partial charge in [0, 0.05) is 22.6 Å². The topological polar surface area (TPSA) is 112 Å². The van der Waals surface area contributed by atoms with E-state index in [0.717, 1.165) is 55.6 Å². The highest BCUT2D eigenvalue weighted by Gasteiger charge is 2.43. The molecule has 4 aliphatic rings. The minimum absolute atomic E-state index is 0.119. The Morgan fingerprint density at radius 3 is 1.35 bits per heavy atom. The molecule has 9 aromatic rings. The second-order valence-electron chi connectivity index (χ2n) is 21.7. The molecule has 4 amide bonds. The number of fused-ring (bicyclic) bond motifs is 2. The Labute approximate surface area is 510 Å². The lowest BCUT2D eigenvalue weighted by molar-refractivity contribution is 0.0908. The summed E-state index contributed by atoms with van der Waals surface area (Å²) in [6.45, 7) is 8.25. The van der Waals surface area contributed by atoms with Crippen molar-refractivity contribution in [1.29, 1.82) is 0 Å². The summed E-state index contributed by atoms with van der Waals surface area (Å²) in [7, 11) is 0. The van der Waals surface area contributed by atoms with E-state index in [4.69, 9.17) is 18.9 Å². The van der Waals surface area contributed by atoms with Crippen molar-refractivity contribution in [3.05, 3.63) is 314 Å². The first kappa shape index (κ1) is 55.7. The number of hydrogen-bond donors (Lipinski definition) is 0. The van der Waals surface area contributed by atoms with Gasteiger partial charge in [-0.2, -0.15) is 0 Å². The summed E-state index contributed by atoms with van der Waals surface area (Å²) < 4.78 is 25.7. The van der Waals surface area contributed by atoms with E-state index < -0.39 is 23.6 Å². The molecule has 10 heteroatoms. The molecule has 88 heavy (non-hydrogen) atoms. The molecule has 426 valence electrons. The number of amides is 4. The van der Waals surface area contributed by atoms with Gasteiger partial charge in [0.1, 0.15) is 47.7 Å². The van der Waals surface area contributed by atoms with E-state index in [-0.39, 0.29) is 52.9 Å². The predicted molar refractivity (Wildman–Crippen MR) is 343 cm³/mol. The van der Waals surface area contributed by atoms with E-state index in [0.29, 0.717) is 57.5 Å². The predicted octanol–water partition coefficient (Wildman–Crippen LogP) is 16.6. The Bertz CT molecular complexity index is 4570. The average molecular weight is 1150 g/mol. The van der Waals surface area contributed by atoms with Crippen LogP contribution in [0.5, 0.6) is 34.5 Å². The number of carbonyl (C=O) groups is 4. The summed E-state index contributed by atoms with van der Waals surface area (Å²) >= 11 is 0. The van der Waals surface area contributed by atoms with Gasteiger partial charge in [-0.1, -0.05) is 163 Å². The normalized spacial score (nSPS) is 13.7. The van der Waals surface area contributed by atoms with Gasteiger partial charge >= 0.3 is 0 Å². The first-order valence-corrected chi connectivity index (χ1v) is 29.0. The molecule has 0 saturated carbocycles. The van der Waals surface area contributed by atoms with E-state index in [1.807, 2.05) is 198 Å². The Morgan fingerprint density at radius 1 is 0.443 bits per heavy atom. The summed E-state index contributed by atoms with van der Waals surface area (Å²) in [5, 5.41) is 0. The number of ether oxygens (including phenoxy) is 4. The molecule has 0 fully saturated rings. The zero-order valence-electron chi connectivity index (χ0n) is 48.7. The second kappa shape index (κ2) is 23.9. The molecule has 0 N–H and O–H groups in total. The number of anilines is 2. The van der Waals surface area contributed by atoms with Crippen LogP contribution in [0, 0.1) is 51.4 Å². The summed E-state index contributed by atoms with van der Waals surface area (Å²) in [5.41, 5.74) is 11.5. The molecule has 9 aromatic carbocycles. The third kappa shape index (κ3) is 10.7. The minimum Gasteiger partial charge on any atom is -0.487 e. The van der Waals surface area contributed by atoms with Crippen molar-refractivity contribution in [1.82, 2.24) is 0 Å². The fraction of sp³-hybridized carbons (Fsp3) is 0.103. The van der Waals surface area contributed by atoms with Gasteiger partial charge in [-0.25, -0.2) is 9.80 Å². The van der Waals surface area contributed by atoms with Gasteiger partial charge in [0.25, 0.3) is 23.6 Å². The summed E-state index contributed by atoms with van der Waals surface area (Å²) in [6.07, 6.45) is 14.7. The minimum atomic E-state index is -0.525. The Hall–Kier alpha value is -11.5. The maximum absolute atomic E-state index is 15.1. The van der Waals surface area contributed by atoms with Crippen LogP contribution in [0.15, 0.2) is 225 Å². The van der Waals surface area contributed by atoms with E-state index >= 15 is 9.59 Å². The number of nitrogens with zero attached hydrogens (tertiary/aromatic N) is 2. The van der Waals surface area contributed by atoms with Gasteiger partial charge in [0.05, 0.1) is 44.8 Å². The number of benzene rings is 9. The average Bonchev–Trinajstić information content (AvgIpc) is 1.70. The van der Waals surface area contributed by atoms with Crippen LogP contribution in [0.4, 0.5) is 11.4 Å². The number of allylic oxidation sites excluding steroid dienone is 8. The fourth-order valence-electron chi connectivity index (χ4n) is 11.6. The van der Waals surface area contributed by atoms with Crippen molar-refractivity contribution in [2.45, 2.75) is 53.2 Å². The SMILES string of the molecule is Cc1c(C)c(C#Cc2ccc3c(c2OCc2ccccc2)C(=O)N(c2ccc(Oc4ccccc4)cc2C2C=CC=C2)C3=O)c(C)c(C)c1C#Cc1ccc2c(c1OCc1ccccc1)C(=O)N(c1ccc(Oc3ccccc3)cc1C1=CCC=C1)C2=O. The lowest BCUT2D eigenvalue weighted by Gasteiger charge is -2.21. The van der Waals surface area contributed by atoms with Crippen LogP contribution < -0.4 is 28.7 Å². The number of rotatable bonds is 14. The van der Waals surface area contributed by atoms with E-state index in [1.165, 1.54) is 9.80 Å². The van der Waals surface area contributed by atoms with Crippen molar-refractivity contribution in [2.75, 3.05) is 9.80 Å². The van der Waals surface area contributed by atoms with E-state index in [1.54, 1.807) is 48.5 Å². The van der Waals surface area contributed by atoms with Gasteiger partial charge in [-0.3, -0.25) is 19.2 Å². The molecule has 0 unspecified atom stereocenters. The molecule has 0 spiro atoms. The lowest BCUT2D eigenvalue weighted by Crippen LogP contribution is -2.30. The highest BCUT2D eigenvalue weighted by molar-refractivity contribution is 6.37. The second-order valence-corrected chi connectivity index (χ2v) is 21.7. The summed E-state index contributed by atoms with van der Waals surface area (Å²) in [5.74, 6) is 14.3. The molecule has 2 aliphatic heterocycles. The highest BCUT2D eigenvalue weighted by atomic mass is 16.5. The molecule has 0 bridgehead atoms.